The number of nitrogens with zero attached hydrogens (tertiary/aromatic N) is 6. The fourth-order valence-electron chi connectivity index (χ4n) is 4.32. The first-order chi connectivity index (χ1) is 16.2. The highest BCUT2D eigenvalue weighted by Crippen LogP contribution is 2.38. The normalized spacial score (nSPS) is 22.1. The summed E-state index contributed by atoms with van der Waals surface area (Å²) in [5, 5.41) is 11.6. The molecule has 1 N–H and O–H groups in total. The van der Waals surface area contributed by atoms with Crippen LogP contribution in [0.4, 0.5) is 0 Å². The van der Waals surface area contributed by atoms with Gasteiger partial charge in [0, 0.05) is 47.7 Å². The van der Waals surface area contributed by atoms with Gasteiger partial charge in [-0.05, 0) is 56.4 Å². The zero-order chi connectivity index (χ0) is 22.2. The van der Waals surface area contributed by atoms with E-state index in [2.05, 4.69) is 47.5 Å². The van der Waals surface area contributed by atoms with Gasteiger partial charge in [-0.2, -0.15) is 5.10 Å². The van der Waals surface area contributed by atoms with Crippen LogP contribution in [0.15, 0.2) is 64.9 Å². The molecule has 6 rings (SSSR count). The summed E-state index contributed by atoms with van der Waals surface area (Å²) in [7, 11) is 0. The van der Waals surface area contributed by atoms with Crippen molar-refractivity contribution in [2.24, 2.45) is 16.1 Å². The van der Waals surface area contributed by atoms with Crippen LogP contribution in [0.1, 0.15) is 54.2 Å². The Labute approximate surface area is 192 Å². The summed E-state index contributed by atoms with van der Waals surface area (Å²) in [5.41, 5.74) is 3.71. The molecule has 1 unspecified atom stereocenters. The van der Waals surface area contributed by atoms with Gasteiger partial charge in [0.25, 0.3) is 5.91 Å². The number of carbonyl (C=O) groups is 1. The number of hydrogen-bond acceptors (Lipinski definition) is 7. The Balaban J connectivity index is 1.17. The molecule has 2 saturated carbocycles. The molecule has 0 radical (unpaired) electrons. The maximum absolute atomic E-state index is 13.0. The number of rotatable bonds is 6. The molecule has 1 atom stereocenters. The van der Waals surface area contributed by atoms with E-state index in [9.17, 15) is 4.79 Å². The third-order valence-electron chi connectivity index (χ3n) is 6.42. The molecule has 8 heteroatoms. The standard InChI is InChI=1S/C25H25N7O/c33-25(21-13-17(8-9-26-21)23-15-27-22(14-28-23)16-4-5-16)30-19-3-1-2-18(12-19)24-31-29-10-11-32(24)20-6-7-20/h1,3,8-10,12-16,18,20H,2,4-7,11H2,(H,30,33). The van der Waals surface area contributed by atoms with Crippen molar-refractivity contribution in [1.29, 1.82) is 0 Å². The number of aromatic nitrogens is 3. The summed E-state index contributed by atoms with van der Waals surface area (Å²) in [6.07, 6.45) is 18.8. The average Bonchev–Trinajstić information content (AvgIpc) is 3.78. The molecule has 1 aliphatic heterocycles. The van der Waals surface area contributed by atoms with Crippen molar-refractivity contribution in [3.63, 3.8) is 0 Å². The predicted octanol–water partition coefficient (Wildman–Crippen LogP) is 3.47. The van der Waals surface area contributed by atoms with Gasteiger partial charge in [0.05, 0.1) is 24.1 Å². The minimum Gasteiger partial charge on any atom is -0.350 e. The van der Waals surface area contributed by atoms with Gasteiger partial charge in [-0.25, -0.2) is 0 Å². The Morgan fingerprint density at radius 1 is 1.09 bits per heavy atom. The quantitative estimate of drug-likeness (QED) is 0.744. The van der Waals surface area contributed by atoms with Gasteiger partial charge in [-0.3, -0.25) is 19.7 Å². The zero-order valence-electron chi connectivity index (χ0n) is 18.3. The van der Waals surface area contributed by atoms with Gasteiger partial charge in [-0.15, -0.1) is 5.10 Å². The van der Waals surface area contributed by atoms with Crippen LogP contribution in [0, 0.1) is 5.92 Å². The zero-order valence-corrected chi connectivity index (χ0v) is 18.3. The smallest absolute Gasteiger partial charge is 0.274 e. The lowest BCUT2D eigenvalue weighted by atomic mass is 9.96. The van der Waals surface area contributed by atoms with Crippen LogP contribution in [0.3, 0.4) is 0 Å². The fourth-order valence-corrected chi connectivity index (χ4v) is 4.32. The highest BCUT2D eigenvalue weighted by atomic mass is 16.1. The van der Waals surface area contributed by atoms with Crippen LogP contribution >= 0.6 is 0 Å². The van der Waals surface area contributed by atoms with E-state index in [1.807, 2.05) is 24.6 Å². The summed E-state index contributed by atoms with van der Waals surface area (Å²) in [6, 6.07) is 4.18. The van der Waals surface area contributed by atoms with Crippen LogP contribution in [0.25, 0.3) is 11.3 Å². The molecule has 1 amide bonds. The van der Waals surface area contributed by atoms with Gasteiger partial charge in [0.15, 0.2) is 0 Å². The van der Waals surface area contributed by atoms with Gasteiger partial charge in [0.2, 0.25) is 0 Å². The van der Waals surface area contributed by atoms with Crippen LogP contribution < -0.4 is 5.32 Å². The number of amides is 1. The monoisotopic (exact) mass is 439 g/mol. The van der Waals surface area contributed by atoms with Gasteiger partial charge in [0.1, 0.15) is 11.5 Å². The van der Waals surface area contributed by atoms with E-state index in [0.29, 0.717) is 17.7 Å². The summed E-state index contributed by atoms with van der Waals surface area (Å²) < 4.78 is 0. The van der Waals surface area contributed by atoms with Crippen molar-refractivity contribution in [2.75, 3.05) is 6.54 Å². The maximum atomic E-state index is 13.0. The lowest BCUT2D eigenvalue weighted by molar-refractivity contribution is 0.0962. The van der Waals surface area contributed by atoms with Crippen LogP contribution in [-0.2, 0) is 0 Å². The van der Waals surface area contributed by atoms with Crippen molar-refractivity contribution in [1.82, 2.24) is 25.2 Å². The number of amidine groups is 1. The minimum atomic E-state index is -0.251. The van der Waals surface area contributed by atoms with E-state index >= 15 is 0 Å². The largest absolute Gasteiger partial charge is 0.350 e. The topological polar surface area (TPSA) is 95.7 Å². The minimum absolute atomic E-state index is 0.0999. The molecule has 2 fully saturated rings. The second kappa shape index (κ2) is 8.35. The fraction of sp³-hybridized carbons (Fsp3) is 0.360. The molecular formula is C25H25N7O. The van der Waals surface area contributed by atoms with E-state index < -0.39 is 0 Å². The lowest BCUT2D eigenvalue weighted by Gasteiger charge is -2.30. The Hall–Kier alpha value is -3.68. The maximum Gasteiger partial charge on any atom is 0.274 e. The van der Waals surface area contributed by atoms with Crippen LogP contribution in [-0.4, -0.2) is 50.4 Å². The number of hydrogen-bond donors (Lipinski definition) is 1. The molecule has 2 aromatic heterocycles. The predicted molar refractivity (Wildman–Crippen MR) is 126 cm³/mol. The van der Waals surface area contributed by atoms with Crippen molar-refractivity contribution >= 4 is 18.0 Å². The molecule has 33 heavy (non-hydrogen) atoms. The third-order valence-corrected chi connectivity index (χ3v) is 6.42. The van der Waals surface area contributed by atoms with Gasteiger partial charge in [-0.1, -0.05) is 6.08 Å². The summed E-state index contributed by atoms with van der Waals surface area (Å²) in [4.78, 5) is 28.7. The second-order valence-electron chi connectivity index (χ2n) is 8.99. The molecular weight excluding hydrogens is 414 g/mol. The number of carbonyl (C=O) groups excluding carboxylic acids is 1. The Bertz CT molecular complexity index is 1190. The summed E-state index contributed by atoms with van der Waals surface area (Å²) in [6.45, 7) is 0.806. The molecule has 0 aromatic carbocycles. The Morgan fingerprint density at radius 2 is 2.00 bits per heavy atom. The molecule has 166 valence electrons. The van der Waals surface area contributed by atoms with Gasteiger partial charge >= 0.3 is 0 Å². The first kappa shape index (κ1) is 20.0. The van der Waals surface area contributed by atoms with Gasteiger partial charge < -0.3 is 10.2 Å². The summed E-state index contributed by atoms with van der Waals surface area (Å²) in [5.74, 6) is 1.40. The molecule has 3 aliphatic carbocycles. The van der Waals surface area contributed by atoms with E-state index in [-0.39, 0.29) is 11.8 Å². The third kappa shape index (κ3) is 4.33. The van der Waals surface area contributed by atoms with Crippen molar-refractivity contribution in [2.45, 2.75) is 44.1 Å². The first-order valence-corrected chi connectivity index (χ1v) is 11.6. The van der Waals surface area contributed by atoms with E-state index in [1.165, 1.54) is 25.7 Å². The highest BCUT2D eigenvalue weighted by molar-refractivity contribution is 5.95. The van der Waals surface area contributed by atoms with Crippen molar-refractivity contribution in [3.8, 4) is 11.3 Å². The van der Waals surface area contributed by atoms with E-state index in [0.717, 1.165) is 41.4 Å². The Morgan fingerprint density at radius 3 is 2.79 bits per heavy atom. The van der Waals surface area contributed by atoms with E-state index in [1.54, 1.807) is 18.5 Å². The number of nitrogens with one attached hydrogen (secondary N) is 1. The summed E-state index contributed by atoms with van der Waals surface area (Å²) >= 11 is 0. The van der Waals surface area contributed by atoms with Crippen LogP contribution in [0.2, 0.25) is 0 Å². The first-order valence-electron chi connectivity index (χ1n) is 11.6. The average molecular weight is 440 g/mol. The van der Waals surface area contributed by atoms with Crippen molar-refractivity contribution < 1.29 is 4.79 Å². The molecule has 3 heterocycles. The number of allylic oxidation sites excluding steroid dienone is 2. The molecule has 2 aromatic rings. The lowest BCUT2D eigenvalue weighted by Crippen LogP contribution is -2.41. The van der Waals surface area contributed by atoms with Crippen molar-refractivity contribution in [3.05, 3.63) is 66.0 Å². The van der Waals surface area contributed by atoms with Crippen LogP contribution in [0.5, 0.6) is 0 Å². The molecule has 4 aliphatic rings. The SMILES string of the molecule is O=C(NC1=CC(C2=NN=CCN2C2CC2)CC=C1)c1cc(-c2cnc(C3CC3)cn2)ccn1. The molecule has 8 nitrogen and oxygen atoms in total. The Kier molecular flexibility index (Phi) is 5.05. The molecule has 0 saturated heterocycles. The molecule has 0 bridgehead atoms. The molecule has 0 spiro atoms. The highest BCUT2D eigenvalue weighted by Gasteiger charge is 2.34. The van der Waals surface area contributed by atoms with E-state index in [4.69, 9.17) is 0 Å². The number of pyridine rings is 1. The second-order valence-corrected chi connectivity index (χ2v) is 8.99.